The average molecular weight is 493 g/mol. The Kier molecular flexibility index (Phi) is 6.49. The molecule has 0 radical (unpaired) electrons. The van der Waals surface area contributed by atoms with Gasteiger partial charge in [-0.3, -0.25) is 4.79 Å². The number of rotatable bonds is 8. The number of hydrogen-bond acceptors (Lipinski definition) is 4. The molecule has 6 nitrogen and oxygen atoms in total. The summed E-state index contributed by atoms with van der Waals surface area (Å²) < 4.78 is 7.80. The third-order valence-corrected chi connectivity index (χ3v) is 6.74. The molecule has 5 aromatic rings. The Morgan fingerprint density at radius 2 is 1.65 bits per heavy atom. The molecular formula is C31H28N2O4. The van der Waals surface area contributed by atoms with Crippen LogP contribution in [0.4, 0.5) is 0 Å². The second-order valence-electron chi connectivity index (χ2n) is 9.31. The lowest BCUT2D eigenvalue weighted by molar-refractivity contribution is 0.0688. The van der Waals surface area contributed by atoms with Crippen LogP contribution in [0.1, 0.15) is 50.9 Å². The molecule has 0 saturated heterocycles. The van der Waals surface area contributed by atoms with E-state index in [4.69, 9.17) is 4.74 Å². The maximum absolute atomic E-state index is 12.1. The number of benzene rings is 3. The molecule has 0 aliphatic carbocycles. The Bertz CT molecular complexity index is 1640. The molecule has 0 aliphatic heterocycles. The maximum Gasteiger partial charge on any atom is 0.356 e. The number of ketones is 1. The van der Waals surface area contributed by atoms with Gasteiger partial charge in [0.25, 0.3) is 0 Å². The van der Waals surface area contributed by atoms with E-state index in [1.54, 1.807) is 11.4 Å². The summed E-state index contributed by atoms with van der Waals surface area (Å²) in [6.45, 7) is 5.92. The Labute approximate surface area is 215 Å². The maximum atomic E-state index is 12.1. The molecule has 6 heteroatoms. The van der Waals surface area contributed by atoms with Crippen molar-refractivity contribution in [3.05, 3.63) is 101 Å². The Morgan fingerprint density at radius 1 is 0.946 bits per heavy atom. The zero-order valence-corrected chi connectivity index (χ0v) is 21.1. The first kappa shape index (κ1) is 24.3. The van der Waals surface area contributed by atoms with Crippen molar-refractivity contribution in [2.24, 2.45) is 0 Å². The fourth-order valence-corrected chi connectivity index (χ4v) is 5.05. The van der Waals surface area contributed by atoms with Gasteiger partial charge in [-0.15, -0.1) is 0 Å². The molecule has 0 bridgehead atoms. The van der Waals surface area contributed by atoms with Crippen molar-refractivity contribution >= 4 is 28.0 Å². The Balaban J connectivity index is 1.46. The number of carbonyl (C=O) groups excluding carboxylic acids is 1. The van der Waals surface area contributed by atoms with Crippen molar-refractivity contribution < 1.29 is 19.4 Å². The van der Waals surface area contributed by atoms with Gasteiger partial charge in [0.05, 0.1) is 17.8 Å². The molecule has 0 atom stereocenters. The van der Waals surface area contributed by atoms with E-state index >= 15 is 0 Å². The second kappa shape index (κ2) is 9.90. The lowest BCUT2D eigenvalue weighted by atomic mass is 9.95. The van der Waals surface area contributed by atoms with E-state index in [1.807, 2.05) is 74.5 Å². The molecule has 1 N–H and O–H groups in total. The molecule has 0 aliphatic rings. The molecule has 37 heavy (non-hydrogen) atoms. The summed E-state index contributed by atoms with van der Waals surface area (Å²) in [5, 5.41) is 16.6. The van der Waals surface area contributed by atoms with Crippen LogP contribution in [-0.2, 0) is 6.42 Å². The van der Waals surface area contributed by atoms with Crippen LogP contribution in [-0.4, -0.2) is 33.1 Å². The van der Waals surface area contributed by atoms with Crippen molar-refractivity contribution in [3.8, 4) is 17.0 Å². The van der Waals surface area contributed by atoms with Crippen molar-refractivity contribution in [2.75, 3.05) is 6.61 Å². The summed E-state index contributed by atoms with van der Waals surface area (Å²) in [6.07, 6.45) is 1.15. The van der Waals surface area contributed by atoms with E-state index in [2.05, 4.69) is 17.2 Å². The Hall–Kier alpha value is -4.45. The highest BCUT2D eigenvalue weighted by molar-refractivity contribution is 5.95. The van der Waals surface area contributed by atoms with E-state index in [1.165, 1.54) is 0 Å². The highest BCUT2D eigenvalue weighted by Crippen LogP contribution is 2.31. The van der Waals surface area contributed by atoms with E-state index in [-0.39, 0.29) is 11.5 Å². The third kappa shape index (κ3) is 4.58. The second-order valence-corrected chi connectivity index (χ2v) is 9.31. The molecule has 5 rings (SSSR count). The fourth-order valence-electron chi connectivity index (χ4n) is 5.05. The largest absolute Gasteiger partial charge is 0.493 e. The minimum Gasteiger partial charge on any atom is -0.493 e. The van der Waals surface area contributed by atoms with E-state index in [0.29, 0.717) is 30.6 Å². The van der Waals surface area contributed by atoms with Gasteiger partial charge in [-0.05, 0) is 80.5 Å². The molecule has 3 aromatic carbocycles. The summed E-state index contributed by atoms with van der Waals surface area (Å²) >= 11 is 0. The summed E-state index contributed by atoms with van der Waals surface area (Å²) in [4.78, 5) is 24.1. The number of carboxylic acid groups (broad SMARTS) is 1. The van der Waals surface area contributed by atoms with Crippen molar-refractivity contribution in [1.82, 2.24) is 9.61 Å². The van der Waals surface area contributed by atoms with Crippen LogP contribution in [0.2, 0.25) is 0 Å². The number of fused-ring (bicyclic) bond motifs is 2. The van der Waals surface area contributed by atoms with Crippen LogP contribution in [0.25, 0.3) is 27.5 Å². The van der Waals surface area contributed by atoms with Gasteiger partial charge in [0.2, 0.25) is 0 Å². The molecule has 0 saturated carbocycles. The number of aromatic carboxylic acids is 1. The van der Waals surface area contributed by atoms with E-state index < -0.39 is 5.97 Å². The lowest BCUT2D eigenvalue weighted by Gasteiger charge is -2.13. The van der Waals surface area contributed by atoms with Gasteiger partial charge < -0.3 is 9.84 Å². The van der Waals surface area contributed by atoms with Crippen LogP contribution in [0.3, 0.4) is 0 Å². The van der Waals surface area contributed by atoms with Crippen LogP contribution in [0.15, 0.2) is 72.8 Å². The fraction of sp³-hybridized carbons (Fsp3) is 0.194. The molecule has 0 unspecified atom stereocenters. The number of aromatic nitrogens is 2. The number of ether oxygens (including phenoxy) is 1. The number of nitrogens with zero attached hydrogens (tertiary/aromatic N) is 2. The molecule has 2 heterocycles. The number of Topliss-reactive ketones (excluding diaryl/α,β-unsaturated/α-hetero) is 1. The monoisotopic (exact) mass is 492 g/mol. The van der Waals surface area contributed by atoms with Crippen molar-refractivity contribution in [1.29, 1.82) is 0 Å². The Morgan fingerprint density at radius 3 is 2.38 bits per heavy atom. The van der Waals surface area contributed by atoms with Gasteiger partial charge in [0.1, 0.15) is 5.75 Å². The van der Waals surface area contributed by atoms with Gasteiger partial charge in [0, 0.05) is 22.1 Å². The first-order chi connectivity index (χ1) is 17.8. The van der Waals surface area contributed by atoms with Crippen LogP contribution in [0, 0.1) is 13.8 Å². The smallest absolute Gasteiger partial charge is 0.356 e. The van der Waals surface area contributed by atoms with Crippen molar-refractivity contribution in [2.45, 2.75) is 33.6 Å². The van der Waals surface area contributed by atoms with Crippen molar-refractivity contribution in [3.63, 3.8) is 0 Å². The number of carbonyl (C=O) groups is 2. The predicted molar refractivity (Wildman–Crippen MR) is 145 cm³/mol. The van der Waals surface area contributed by atoms with E-state index in [0.717, 1.165) is 44.4 Å². The van der Waals surface area contributed by atoms with Crippen LogP contribution in [0.5, 0.6) is 5.75 Å². The first-order valence-corrected chi connectivity index (χ1v) is 12.3. The molecule has 0 spiro atoms. The van der Waals surface area contributed by atoms with Crippen LogP contribution < -0.4 is 4.74 Å². The standard InChI is InChI=1S/C31H28N2O4/c1-19-17-23(21(3)34)18-20(2)29(19)27-14-7-13-26-25(30(31(35)36)32-33(26)27)12-8-16-37-28-15-6-10-22-9-4-5-11-24(22)28/h4-7,9-11,13-15,17-18H,8,12,16H2,1-3H3,(H,35,36). The molecular weight excluding hydrogens is 464 g/mol. The molecule has 186 valence electrons. The normalized spacial score (nSPS) is 11.2. The number of aryl methyl sites for hydroxylation is 3. The summed E-state index contributed by atoms with van der Waals surface area (Å²) in [7, 11) is 0. The zero-order chi connectivity index (χ0) is 26.1. The SMILES string of the molecule is CC(=O)c1cc(C)c(-c2cccc3c(CCCOc4cccc5ccccc45)c(C(=O)O)nn23)c(C)c1. The van der Waals surface area contributed by atoms with E-state index in [9.17, 15) is 14.7 Å². The number of hydrogen-bond donors (Lipinski definition) is 1. The first-order valence-electron chi connectivity index (χ1n) is 12.3. The number of pyridine rings is 1. The lowest BCUT2D eigenvalue weighted by Crippen LogP contribution is -2.04. The topological polar surface area (TPSA) is 80.9 Å². The molecule has 0 fully saturated rings. The predicted octanol–water partition coefficient (Wildman–Crippen LogP) is 6.68. The minimum atomic E-state index is -1.06. The van der Waals surface area contributed by atoms with Gasteiger partial charge in [-0.1, -0.05) is 42.5 Å². The minimum absolute atomic E-state index is 0.0104. The quantitative estimate of drug-likeness (QED) is 0.193. The highest BCUT2D eigenvalue weighted by atomic mass is 16.5. The molecule has 0 amide bonds. The van der Waals surface area contributed by atoms with Gasteiger partial charge in [-0.25, -0.2) is 9.31 Å². The van der Waals surface area contributed by atoms with Crippen LogP contribution >= 0.6 is 0 Å². The molecule has 2 aromatic heterocycles. The van der Waals surface area contributed by atoms with Gasteiger partial charge in [0.15, 0.2) is 11.5 Å². The highest BCUT2D eigenvalue weighted by Gasteiger charge is 2.21. The average Bonchev–Trinajstić information content (AvgIpc) is 3.26. The zero-order valence-electron chi connectivity index (χ0n) is 21.1. The van der Waals surface area contributed by atoms with Gasteiger partial charge in [-0.2, -0.15) is 5.10 Å². The third-order valence-electron chi connectivity index (χ3n) is 6.74. The summed E-state index contributed by atoms with van der Waals surface area (Å²) in [5.41, 5.74) is 5.77. The summed E-state index contributed by atoms with van der Waals surface area (Å²) in [6, 6.07) is 23.5. The number of carboxylic acids is 1. The summed E-state index contributed by atoms with van der Waals surface area (Å²) in [5.74, 6) is -0.227. The van der Waals surface area contributed by atoms with Gasteiger partial charge >= 0.3 is 5.97 Å².